The Kier molecular flexibility index (Phi) is 4.40. The number of nitrogens with zero attached hydrogens (tertiary/aromatic N) is 2. The third-order valence-corrected chi connectivity index (χ3v) is 3.33. The molecule has 1 aromatic heterocycles. The maximum absolute atomic E-state index is 12.1. The van der Waals surface area contributed by atoms with Crippen molar-refractivity contribution in [2.24, 2.45) is 0 Å². The molecule has 2 rings (SSSR count). The highest BCUT2D eigenvalue weighted by Gasteiger charge is 2.09. The second-order valence-corrected chi connectivity index (χ2v) is 4.60. The van der Waals surface area contributed by atoms with Crippen LogP contribution in [0.15, 0.2) is 30.5 Å². The van der Waals surface area contributed by atoms with Crippen molar-refractivity contribution in [1.29, 1.82) is 0 Å². The van der Waals surface area contributed by atoms with Crippen LogP contribution in [0.2, 0.25) is 0 Å². The summed E-state index contributed by atoms with van der Waals surface area (Å²) >= 11 is 0. The highest BCUT2D eigenvalue weighted by atomic mass is 16.1. The van der Waals surface area contributed by atoms with Crippen molar-refractivity contribution in [2.45, 2.75) is 20.8 Å². The Morgan fingerprint density at radius 2 is 1.90 bits per heavy atom. The molecule has 20 heavy (non-hydrogen) atoms. The van der Waals surface area contributed by atoms with Gasteiger partial charge in [-0.1, -0.05) is 0 Å². The molecule has 2 aromatic rings. The van der Waals surface area contributed by atoms with Gasteiger partial charge in [-0.3, -0.25) is 9.89 Å². The second-order valence-electron chi connectivity index (χ2n) is 4.60. The van der Waals surface area contributed by atoms with Gasteiger partial charge in [-0.15, -0.1) is 0 Å². The molecule has 0 saturated heterocycles. The number of hydrogen-bond acceptors (Lipinski definition) is 3. The average Bonchev–Trinajstić information content (AvgIpc) is 2.86. The monoisotopic (exact) mass is 272 g/mol. The normalized spacial score (nSPS) is 10.3. The molecule has 1 heterocycles. The minimum Gasteiger partial charge on any atom is -0.372 e. The van der Waals surface area contributed by atoms with Crippen molar-refractivity contribution in [2.75, 3.05) is 23.3 Å². The number of aromatic nitrogens is 2. The lowest BCUT2D eigenvalue weighted by Crippen LogP contribution is -2.21. The second kappa shape index (κ2) is 6.23. The van der Waals surface area contributed by atoms with Crippen molar-refractivity contribution < 1.29 is 4.79 Å². The summed E-state index contributed by atoms with van der Waals surface area (Å²) in [7, 11) is 0. The van der Waals surface area contributed by atoms with Gasteiger partial charge in [-0.2, -0.15) is 5.10 Å². The van der Waals surface area contributed by atoms with Crippen LogP contribution in [0.1, 0.15) is 29.8 Å². The summed E-state index contributed by atoms with van der Waals surface area (Å²) in [5.74, 6) is 0.506. The molecular weight excluding hydrogens is 252 g/mol. The summed E-state index contributed by atoms with van der Waals surface area (Å²) < 4.78 is 0. The standard InChI is InChI=1S/C15H20N4O/c1-4-19(5-2)13-8-6-12(7-9-13)15(20)17-14-11(3)10-16-18-14/h6-10H,4-5H2,1-3H3,(H2,16,17,18,20). The first-order valence-corrected chi connectivity index (χ1v) is 6.82. The van der Waals surface area contributed by atoms with Gasteiger partial charge in [0.15, 0.2) is 0 Å². The van der Waals surface area contributed by atoms with Crippen molar-refractivity contribution in [3.8, 4) is 0 Å². The summed E-state index contributed by atoms with van der Waals surface area (Å²) in [6.45, 7) is 8.03. The number of carbonyl (C=O) groups is 1. The lowest BCUT2D eigenvalue weighted by atomic mass is 10.2. The molecule has 1 amide bonds. The first kappa shape index (κ1) is 14.1. The summed E-state index contributed by atoms with van der Waals surface area (Å²) in [6, 6.07) is 7.63. The quantitative estimate of drug-likeness (QED) is 0.879. The van der Waals surface area contributed by atoms with E-state index in [9.17, 15) is 4.79 Å². The number of aryl methyl sites for hydroxylation is 1. The molecular formula is C15H20N4O. The molecule has 0 fully saturated rings. The van der Waals surface area contributed by atoms with Crippen LogP contribution in [-0.2, 0) is 0 Å². The van der Waals surface area contributed by atoms with Gasteiger partial charge in [0.25, 0.3) is 5.91 Å². The molecule has 1 aromatic carbocycles. The number of rotatable bonds is 5. The maximum Gasteiger partial charge on any atom is 0.256 e. The van der Waals surface area contributed by atoms with Gasteiger partial charge in [-0.05, 0) is 45.0 Å². The molecule has 2 N–H and O–H groups in total. The zero-order valence-electron chi connectivity index (χ0n) is 12.1. The van der Waals surface area contributed by atoms with Gasteiger partial charge in [-0.25, -0.2) is 0 Å². The van der Waals surface area contributed by atoms with Crippen LogP contribution in [0.3, 0.4) is 0 Å². The highest BCUT2D eigenvalue weighted by molar-refractivity contribution is 6.04. The SMILES string of the molecule is CCN(CC)c1ccc(C(=O)Nc2[nH]ncc2C)cc1. The van der Waals surface area contributed by atoms with E-state index in [4.69, 9.17) is 0 Å². The Morgan fingerprint density at radius 1 is 1.25 bits per heavy atom. The van der Waals surface area contributed by atoms with Crippen LogP contribution in [-0.4, -0.2) is 29.2 Å². The number of carbonyl (C=O) groups excluding carboxylic acids is 1. The topological polar surface area (TPSA) is 61.0 Å². The van der Waals surface area contributed by atoms with E-state index < -0.39 is 0 Å². The molecule has 0 saturated carbocycles. The van der Waals surface area contributed by atoms with Crippen LogP contribution in [0, 0.1) is 6.92 Å². The molecule has 0 spiro atoms. The van der Waals surface area contributed by atoms with Crippen LogP contribution in [0.5, 0.6) is 0 Å². The smallest absolute Gasteiger partial charge is 0.256 e. The van der Waals surface area contributed by atoms with Crippen LogP contribution in [0.25, 0.3) is 0 Å². The van der Waals surface area contributed by atoms with Crippen LogP contribution >= 0.6 is 0 Å². The number of amides is 1. The predicted octanol–water partition coefficient (Wildman–Crippen LogP) is 2.82. The number of hydrogen-bond donors (Lipinski definition) is 2. The minimum absolute atomic E-state index is 0.136. The van der Waals surface area contributed by atoms with E-state index in [0.717, 1.165) is 24.3 Å². The molecule has 106 valence electrons. The Morgan fingerprint density at radius 3 is 2.40 bits per heavy atom. The molecule has 0 atom stereocenters. The fraction of sp³-hybridized carbons (Fsp3) is 0.333. The van der Waals surface area contributed by atoms with Gasteiger partial charge in [0.1, 0.15) is 5.82 Å². The molecule has 5 nitrogen and oxygen atoms in total. The Hall–Kier alpha value is -2.30. The number of aromatic amines is 1. The van der Waals surface area contributed by atoms with Gasteiger partial charge in [0, 0.05) is 29.9 Å². The molecule has 0 aliphatic heterocycles. The molecule has 0 unspecified atom stereocenters. The van der Waals surface area contributed by atoms with Crippen molar-refractivity contribution >= 4 is 17.4 Å². The highest BCUT2D eigenvalue weighted by Crippen LogP contribution is 2.16. The first-order chi connectivity index (χ1) is 9.65. The van der Waals surface area contributed by atoms with E-state index in [0.29, 0.717) is 11.4 Å². The number of H-pyrrole nitrogens is 1. The van der Waals surface area contributed by atoms with E-state index in [-0.39, 0.29) is 5.91 Å². The fourth-order valence-electron chi connectivity index (χ4n) is 2.07. The lowest BCUT2D eigenvalue weighted by Gasteiger charge is -2.21. The number of nitrogens with one attached hydrogen (secondary N) is 2. The summed E-state index contributed by atoms with van der Waals surface area (Å²) in [6.07, 6.45) is 1.68. The summed E-state index contributed by atoms with van der Waals surface area (Å²) in [4.78, 5) is 14.3. The Bertz CT molecular complexity index is 570. The van der Waals surface area contributed by atoms with E-state index in [1.165, 1.54) is 0 Å². The van der Waals surface area contributed by atoms with Gasteiger partial charge in [0.05, 0.1) is 6.20 Å². The third-order valence-electron chi connectivity index (χ3n) is 3.33. The van der Waals surface area contributed by atoms with Crippen molar-refractivity contribution in [3.63, 3.8) is 0 Å². The maximum atomic E-state index is 12.1. The van der Waals surface area contributed by atoms with Crippen LogP contribution < -0.4 is 10.2 Å². The van der Waals surface area contributed by atoms with Gasteiger partial charge >= 0.3 is 0 Å². The predicted molar refractivity (Wildman–Crippen MR) is 81.3 cm³/mol. The molecule has 5 heteroatoms. The van der Waals surface area contributed by atoms with Gasteiger partial charge < -0.3 is 10.2 Å². The summed E-state index contributed by atoms with van der Waals surface area (Å²) in [5.41, 5.74) is 2.68. The van der Waals surface area contributed by atoms with Crippen LogP contribution in [0.4, 0.5) is 11.5 Å². The minimum atomic E-state index is -0.136. The number of anilines is 2. The third kappa shape index (κ3) is 2.99. The molecule has 0 bridgehead atoms. The lowest BCUT2D eigenvalue weighted by molar-refractivity contribution is 0.102. The summed E-state index contributed by atoms with van der Waals surface area (Å²) in [5, 5.41) is 9.46. The zero-order valence-corrected chi connectivity index (χ0v) is 12.1. The zero-order chi connectivity index (χ0) is 14.5. The van der Waals surface area contributed by atoms with E-state index in [1.807, 2.05) is 31.2 Å². The average molecular weight is 272 g/mol. The van der Waals surface area contributed by atoms with E-state index >= 15 is 0 Å². The van der Waals surface area contributed by atoms with Crippen molar-refractivity contribution in [1.82, 2.24) is 10.2 Å². The first-order valence-electron chi connectivity index (χ1n) is 6.82. The van der Waals surface area contributed by atoms with E-state index in [2.05, 4.69) is 34.3 Å². The largest absolute Gasteiger partial charge is 0.372 e. The van der Waals surface area contributed by atoms with E-state index in [1.54, 1.807) is 6.20 Å². The fourth-order valence-corrected chi connectivity index (χ4v) is 2.07. The number of benzene rings is 1. The van der Waals surface area contributed by atoms with Gasteiger partial charge in [0.2, 0.25) is 0 Å². The Labute approximate surface area is 119 Å². The molecule has 0 aliphatic carbocycles. The molecule has 0 aliphatic rings. The molecule has 0 radical (unpaired) electrons. The Balaban J connectivity index is 2.10. The van der Waals surface area contributed by atoms with Crippen molar-refractivity contribution in [3.05, 3.63) is 41.6 Å².